The number of aromatic nitrogens is 2. The van der Waals surface area contributed by atoms with Crippen LogP contribution >= 0.6 is 0 Å². The van der Waals surface area contributed by atoms with Crippen LogP contribution in [0.15, 0.2) is 28.7 Å². The molecule has 0 saturated carbocycles. The van der Waals surface area contributed by atoms with Crippen LogP contribution in [0.3, 0.4) is 0 Å². The highest BCUT2D eigenvalue weighted by molar-refractivity contribution is 6.04. The van der Waals surface area contributed by atoms with E-state index >= 15 is 0 Å². The third kappa shape index (κ3) is 2.17. The van der Waals surface area contributed by atoms with E-state index in [-0.39, 0.29) is 12.4 Å². The quantitative estimate of drug-likeness (QED) is 0.635. The van der Waals surface area contributed by atoms with E-state index in [1.807, 2.05) is 24.3 Å². The lowest BCUT2D eigenvalue weighted by Gasteiger charge is -2.06. The standard InChI is InChI=1S/C14H15N3O.ClH/c1-4-11-15-12-9-7-5-6-8-10(9)18-13(12)14(16-11)17(2)3;/h5-8H,4H2,1-3H3;1H. The van der Waals surface area contributed by atoms with E-state index < -0.39 is 0 Å². The highest BCUT2D eigenvalue weighted by Crippen LogP contribution is 2.29. The minimum atomic E-state index is 0. The number of halogens is 1. The summed E-state index contributed by atoms with van der Waals surface area (Å²) in [5, 5.41) is 1.06. The molecule has 0 aliphatic heterocycles. The summed E-state index contributed by atoms with van der Waals surface area (Å²) in [6, 6.07) is 7.99. The van der Waals surface area contributed by atoms with Crippen molar-refractivity contribution in [3.63, 3.8) is 0 Å². The van der Waals surface area contributed by atoms with Gasteiger partial charge in [0, 0.05) is 11.8 Å². The summed E-state index contributed by atoms with van der Waals surface area (Å²) in [4.78, 5) is 10.3. The summed E-state index contributed by atoms with van der Waals surface area (Å²) < 4.78 is 5.90. The molecule has 2 heterocycles. The van der Waals surface area contributed by atoms with E-state index in [0.29, 0.717) is 0 Å². The Balaban J connectivity index is 0.00000133. The van der Waals surface area contributed by atoms with Crippen LogP contribution in [-0.2, 0) is 6.42 Å². The number of quaternary nitrogens is 1. The van der Waals surface area contributed by atoms with E-state index in [0.717, 1.165) is 45.0 Å². The number of para-hydroxylation sites is 1. The van der Waals surface area contributed by atoms with Crippen molar-refractivity contribution in [1.29, 1.82) is 0 Å². The monoisotopic (exact) mass is 277 g/mol. The van der Waals surface area contributed by atoms with Crippen molar-refractivity contribution >= 4 is 27.9 Å². The second-order valence-corrected chi connectivity index (χ2v) is 4.62. The van der Waals surface area contributed by atoms with Crippen LogP contribution in [0, 0.1) is 0 Å². The zero-order chi connectivity index (χ0) is 12.7. The predicted molar refractivity (Wildman–Crippen MR) is 71.2 cm³/mol. The Morgan fingerprint density at radius 1 is 1.16 bits per heavy atom. The molecule has 5 heteroatoms. The number of fused-ring (bicyclic) bond motifs is 3. The summed E-state index contributed by atoms with van der Waals surface area (Å²) in [7, 11) is 4.10. The Bertz CT molecular complexity index is 721. The molecule has 0 aliphatic rings. The van der Waals surface area contributed by atoms with E-state index in [1.165, 1.54) is 0 Å². The molecule has 0 saturated heterocycles. The van der Waals surface area contributed by atoms with E-state index in [9.17, 15) is 0 Å². The van der Waals surface area contributed by atoms with Crippen molar-refractivity contribution in [2.24, 2.45) is 0 Å². The molecule has 2 aromatic heterocycles. The Morgan fingerprint density at radius 2 is 1.89 bits per heavy atom. The number of benzene rings is 1. The van der Waals surface area contributed by atoms with E-state index in [1.54, 1.807) is 0 Å². The molecule has 1 N–H and O–H groups in total. The average molecular weight is 278 g/mol. The largest absolute Gasteiger partial charge is 1.00 e. The number of hydrogen-bond acceptors (Lipinski definition) is 3. The summed E-state index contributed by atoms with van der Waals surface area (Å²) in [5.41, 5.74) is 2.60. The summed E-state index contributed by atoms with van der Waals surface area (Å²) in [6.07, 6.45) is 0.829. The first-order valence-electron chi connectivity index (χ1n) is 6.19. The zero-order valence-electron chi connectivity index (χ0n) is 11.2. The Labute approximate surface area is 117 Å². The molecule has 19 heavy (non-hydrogen) atoms. The van der Waals surface area contributed by atoms with Crippen molar-refractivity contribution in [2.75, 3.05) is 14.1 Å². The number of rotatable bonds is 2. The van der Waals surface area contributed by atoms with Crippen molar-refractivity contribution in [3.8, 4) is 0 Å². The second kappa shape index (κ2) is 5.15. The maximum atomic E-state index is 5.90. The Morgan fingerprint density at radius 3 is 2.58 bits per heavy atom. The molecule has 0 spiro atoms. The molecule has 3 aromatic rings. The molecule has 100 valence electrons. The third-order valence-electron chi connectivity index (χ3n) is 3.06. The van der Waals surface area contributed by atoms with Gasteiger partial charge in [0.2, 0.25) is 5.58 Å². The molecular weight excluding hydrogens is 262 g/mol. The molecule has 0 fully saturated rings. The number of nitrogens with one attached hydrogen (secondary N) is 1. The topological polar surface area (TPSA) is 43.4 Å². The number of hydrogen-bond donors (Lipinski definition) is 1. The van der Waals surface area contributed by atoms with Gasteiger partial charge in [-0.05, 0) is 12.1 Å². The van der Waals surface area contributed by atoms with Crippen LogP contribution in [0.2, 0.25) is 0 Å². The fourth-order valence-corrected chi connectivity index (χ4v) is 2.13. The Kier molecular flexibility index (Phi) is 3.73. The lowest BCUT2D eigenvalue weighted by molar-refractivity contribution is -0.788. The zero-order valence-corrected chi connectivity index (χ0v) is 12.0. The summed E-state index contributed by atoms with van der Waals surface area (Å²) >= 11 is 0. The number of nitrogens with zero attached hydrogens (tertiary/aromatic N) is 2. The fraction of sp³-hybridized carbons (Fsp3) is 0.286. The van der Waals surface area contributed by atoms with Gasteiger partial charge in [-0.3, -0.25) is 4.90 Å². The molecule has 0 amide bonds. The van der Waals surface area contributed by atoms with Gasteiger partial charge in [-0.2, -0.15) is 4.98 Å². The van der Waals surface area contributed by atoms with Gasteiger partial charge in [-0.15, -0.1) is 0 Å². The lowest BCUT2D eigenvalue weighted by Crippen LogP contribution is -3.00. The number of aryl methyl sites for hydroxylation is 1. The molecular formula is C14H16ClN3O. The van der Waals surface area contributed by atoms with Crippen molar-refractivity contribution in [1.82, 2.24) is 9.97 Å². The highest BCUT2D eigenvalue weighted by Gasteiger charge is 2.19. The second-order valence-electron chi connectivity index (χ2n) is 4.62. The fourth-order valence-electron chi connectivity index (χ4n) is 2.13. The maximum absolute atomic E-state index is 5.90. The van der Waals surface area contributed by atoms with E-state index in [4.69, 9.17) is 4.42 Å². The van der Waals surface area contributed by atoms with Gasteiger partial charge in [-0.1, -0.05) is 19.1 Å². The Hall–Kier alpha value is -1.65. The molecule has 0 atom stereocenters. The van der Waals surface area contributed by atoms with Gasteiger partial charge in [-0.25, -0.2) is 4.98 Å². The van der Waals surface area contributed by atoms with E-state index in [2.05, 4.69) is 31.0 Å². The molecule has 0 radical (unpaired) electrons. The first-order valence-corrected chi connectivity index (χ1v) is 6.19. The van der Waals surface area contributed by atoms with Gasteiger partial charge in [0.05, 0.1) is 14.1 Å². The van der Waals surface area contributed by atoms with Crippen LogP contribution in [-0.4, -0.2) is 24.1 Å². The molecule has 3 rings (SSSR count). The average Bonchev–Trinajstić information content (AvgIpc) is 2.75. The smallest absolute Gasteiger partial charge is 0.273 e. The van der Waals surface area contributed by atoms with Crippen LogP contribution in [0.4, 0.5) is 5.82 Å². The van der Waals surface area contributed by atoms with Gasteiger partial charge < -0.3 is 16.8 Å². The predicted octanol–water partition coefficient (Wildman–Crippen LogP) is -1.28. The van der Waals surface area contributed by atoms with Gasteiger partial charge in [0.25, 0.3) is 5.82 Å². The van der Waals surface area contributed by atoms with Gasteiger partial charge in [0.1, 0.15) is 16.9 Å². The maximum Gasteiger partial charge on any atom is 0.273 e. The lowest BCUT2D eigenvalue weighted by atomic mass is 10.2. The molecule has 0 unspecified atom stereocenters. The molecule has 0 aliphatic carbocycles. The number of furan rings is 1. The highest BCUT2D eigenvalue weighted by atomic mass is 35.5. The molecule has 1 aromatic carbocycles. The van der Waals surface area contributed by atoms with Crippen LogP contribution in [0.25, 0.3) is 22.1 Å². The summed E-state index contributed by atoms with van der Waals surface area (Å²) in [6.45, 7) is 2.07. The summed E-state index contributed by atoms with van der Waals surface area (Å²) in [5.74, 6) is 1.79. The third-order valence-corrected chi connectivity index (χ3v) is 3.06. The minimum absolute atomic E-state index is 0. The van der Waals surface area contributed by atoms with Gasteiger partial charge >= 0.3 is 0 Å². The molecule has 4 nitrogen and oxygen atoms in total. The first-order chi connectivity index (χ1) is 8.70. The van der Waals surface area contributed by atoms with Crippen LogP contribution in [0.1, 0.15) is 12.7 Å². The van der Waals surface area contributed by atoms with Gasteiger partial charge in [0.15, 0.2) is 0 Å². The van der Waals surface area contributed by atoms with Crippen molar-refractivity contribution in [2.45, 2.75) is 13.3 Å². The first kappa shape index (κ1) is 13.8. The SMILES string of the molecule is CCc1nc([NH+](C)C)c2oc3ccccc3c2n1.[Cl-]. The van der Waals surface area contributed by atoms with Crippen molar-refractivity contribution in [3.05, 3.63) is 30.1 Å². The van der Waals surface area contributed by atoms with Crippen LogP contribution in [0.5, 0.6) is 0 Å². The molecule has 0 bridgehead atoms. The normalized spacial score (nSPS) is 11.2. The minimum Gasteiger partial charge on any atom is -1.00 e. The van der Waals surface area contributed by atoms with Crippen molar-refractivity contribution < 1.29 is 21.7 Å². The van der Waals surface area contributed by atoms with Crippen LogP contribution < -0.4 is 17.3 Å².